The van der Waals surface area contributed by atoms with E-state index < -0.39 is 4.65 Å². The minimum Gasteiger partial charge on any atom is -0.623 e. The number of halogens is 1. The smallest absolute Gasteiger partial charge is 0.309 e. The Morgan fingerprint density at radius 3 is 2.81 bits per heavy atom. The molecule has 1 N–H and O–H groups in total. The lowest BCUT2D eigenvalue weighted by Crippen LogP contribution is -2.52. The van der Waals surface area contributed by atoms with Crippen molar-refractivity contribution in [1.29, 1.82) is 0 Å². The van der Waals surface area contributed by atoms with E-state index in [9.17, 15) is 5.21 Å². The first kappa shape index (κ1) is 19.5. The summed E-state index contributed by atoms with van der Waals surface area (Å²) >= 11 is 7.27. The van der Waals surface area contributed by atoms with Crippen molar-refractivity contribution in [2.24, 2.45) is 0 Å². The summed E-state index contributed by atoms with van der Waals surface area (Å²) in [7, 11) is 1.96. The highest BCUT2D eigenvalue weighted by Gasteiger charge is 2.43. The number of aryl methyl sites for hydroxylation is 1. The van der Waals surface area contributed by atoms with Gasteiger partial charge in [-0.25, -0.2) is 0 Å². The van der Waals surface area contributed by atoms with Gasteiger partial charge in [0.25, 0.3) is 0 Å². The van der Waals surface area contributed by atoms with Gasteiger partial charge in [0.15, 0.2) is 6.17 Å². The molecule has 6 nitrogen and oxygen atoms in total. The lowest BCUT2D eigenvalue weighted by atomic mass is 9.98. The average Bonchev–Trinajstić information content (AvgIpc) is 3.14. The minimum absolute atomic E-state index is 0.112. The zero-order valence-electron chi connectivity index (χ0n) is 15.7. The Labute approximate surface area is 164 Å². The van der Waals surface area contributed by atoms with Crippen molar-refractivity contribution in [3.63, 3.8) is 0 Å². The summed E-state index contributed by atoms with van der Waals surface area (Å²) in [6.45, 7) is 7.26. The molecule has 1 saturated heterocycles. The molecular formula is C18H26ClN5OS. The van der Waals surface area contributed by atoms with Crippen LogP contribution in [0.1, 0.15) is 31.3 Å². The van der Waals surface area contributed by atoms with Crippen LogP contribution in [0.25, 0.3) is 0 Å². The van der Waals surface area contributed by atoms with E-state index in [0.717, 1.165) is 22.7 Å². The van der Waals surface area contributed by atoms with Crippen LogP contribution in [0, 0.1) is 5.21 Å². The summed E-state index contributed by atoms with van der Waals surface area (Å²) in [5, 5.41) is 27.1. The van der Waals surface area contributed by atoms with Gasteiger partial charge in [0.05, 0.1) is 6.54 Å². The molecule has 0 aliphatic carbocycles. The summed E-state index contributed by atoms with van der Waals surface area (Å²) in [5.74, 6) is 0.581. The largest absolute Gasteiger partial charge is 0.623 e. The van der Waals surface area contributed by atoms with Crippen molar-refractivity contribution in [3.8, 4) is 0 Å². The number of likely N-dealkylation sites (N-methyl/N-ethyl adjacent to an activating group) is 1. The second-order valence-electron chi connectivity index (χ2n) is 7.91. The van der Waals surface area contributed by atoms with Gasteiger partial charge < -0.3 is 10.5 Å². The second kappa shape index (κ2) is 7.40. The fourth-order valence-electron chi connectivity index (χ4n) is 3.08. The van der Waals surface area contributed by atoms with E-state index in [1.165, 1.54) is 11.3 Å². The summed E-state index contributed by atoms with van der Waals surface area (Å²) in [6, 6.07) is 8.09. The monoisotopic (exact) mass is 395 g/mol. The standard InChI is InChI=1S/C18H26ClN5OS/c1-18(2,3)16-21-22-17(26-16)24(25)12-23(4)11-15(24)20-14-7-5-6-13(10-14)8-9-19/h5-7,10,15,20H,8-9,11-12H2,1-4H3. The second-order valence-corrected chi connectivity index (χ2v) is 9.25. The molecule has 0 radical (unpaired) electrons. The highest BCUT2D eigenvalue weighted by Crippen LogP contribution is 2.37. The van der Waals surface area contributed by atoms with Crippen molar-refractivity contribution in [1.82, 2.24) is 19.7 Å². The van der Waals surface area contributed by atoms with E-state index in [-0.39, 0.29) is 11.6 Å². The number of quaternary nitrogens is 1. The molecule has 26 heavy (non-hydrogen) atoms. The first-order valence-electron chi connectivity index (χ1n) is 8.75. The predicted molar refractivity (Wildman–Crippen MR) is 110 cm³/mol. The molecule has 0 amide bonds. The maximum Gasteiger partial charge on any atom is 0.309 e. The van der Waals surface area contributed by atoms with E-state index in [1.54, 1.807) is 0 Å². The topological polar surface area (TPSA) is 64.1 Å². The molecule has 8 heteroatoms. The van der Waals surface area contributed by atoms with Gasteiger partial charge in [0.1, 0.15) is 11.7 Å². The molecule has 1 aromatic heterocycles. The molecule has 1 fully saturated rings. The molecule has 2 aromatic rings. The van der Waals surface area contributed by atoms with Gasteiger partial charge in [-0.1, -0.05) is 38.0 Å². The van der Waals surface area contributed by atoms with E-state index in [4.69, 9.17) is 11.6 Å². The summed E-state index contributed by atoms with van der Waals surface area (Å²) in [5.41, 5.74) is 1.98. The third kappa shape index (κ3) is 4.02. The lowest BCUT2D eigenvalue weighted by molar-refractivity contribution is 0.322. The number of benzene rings is 1. The molecule has 2 atom stereocenters. The number of hydroxylamine groups is 2. The average molecular weight is 396 g/mol. The first-order valence-corrected chi connectivity index (χ1v) is 10.1. The van der Waals surface area contributed by atoms with Gasteiger partial charge in [-0.15, -0.1) is 16.7 Å². The van der Waals surface area contributed by atoms with Gasteiger partial charge in [-0.05, 0) is 42.5 Å². The fourth-order valence-corrected chi connectivity index (χ4v) is 4.28. The van der Waals surface area contributed by atoms with Crippen LogP contribution in [-0.2, 0) is 11.8 Å². The number of anilines is 1. The van der Waals surface area contributed by atoms with Crippen molar-refractivity contribution in [2.45, 2.75) is 38.8 Å². The molecule has 142 valence electrons. The quantitative estimate of drug-likeness (QED) is 0.474. The number of rotatable bonds is 5. The Morgan fingerprint density at radius 2 is 2.15 bits per heavy atom. The van der Waals surface area contributed by atoms with Crippen LogP contribution >= 0.6 is 22.9 Å². The van der Waals surface area contributed by atoms with Crippen LogP contribution in [0.4, 0.5) is 10.8 Å². The maximum absolute atomic E-state index is 13.7. The third-order valence-electron chi connectivity index (χ3n) is 4.46. The van der Waals surface area contributed by atoms with Crippen molar-refractivity contribution in [3.05, 3.63) is 40.0 Å². The van der Waals surface area contributed by atoms with E-state index in [2.05, 4.69) is 42.4 Å². The first-order chi connectivity index (χ1) is 12.2. The molecule has 3 rings (SSSR count). The number of aromatic nitrogens is 2. The van der Waals surface area contributed by atoms with Crippen LogP contribution in [0.5, 0.6) is 0 Å². The molecule has 2 unspecified atom stereocenters. The molecule has 1 aliphatic heterocycles. The predicted octanol–water partition coefficient (Wildman–Crippen LogP) is 3.76. The van der Waals surface area contributed by atoms with E-state index in [1.807, 2.05) is 30.1 Å². The molecule has 1 aliphatic rings. The maximum atomic E-state index is 13.7. The van der Waals surface area contributed by atoms with Crippen LogP contribution in [-0.4, -0.2) is 47.4 Å². The van der Waals surface area contributed by atoms with E-state index >= 15 is 0 Å². The van der Waals surface area contributed by atoms with Crippen LogP contribution < -0.4 is 9.96 Å². The van der Waals surface area contributed by atoms with Gasteiger partial charge in [0.2, 0.25) is 0 Å². The summed E-state index contributed by atoms with van der Waals surface area (Å²) < 4.78 is -0.524. The molecular weight excluding hydrogens is 370 g/mol. The van der Waals surface area contributed by atoms with Crippen molar-refractivity contribution in [2.75, 3.05) is 31.5 Å². The van der Waals surface area contributed by atoms with Gasteiger partial charge in [0, 0.05) is 17.0 Å². The Balaban J connectivity index is 1.86. The zero-order valence-corrected chi connectivity index (χ0v) is 17.3. The van der Waals surface area contributed by atoms with Gasteiger partial charge >= 0.3 is 5.13 Å². The molecule has 0 saturated carbocycles. The SMILES string of the molecule is CN1CC(Nc2cccc(CCCl)c2)[N+]([O-])(c2nnc(C(C)(C)C)s2)C1. The number of hydrogen-bond donors (Lipinski definition) is 1. The molecule has 0 spiro atoms. The third-order valence-corrected chi connectivity index (χ3v) is 6.11. The minimum atomic E-state index is -0.524. The number of nitrogens with zero attached hydrogens (tertiary/aromatic N) is 4. The Bertz CT molecular complexity index is 762. The number of alkyl halides is 1. The summed E-state index contributed by atoms with van der Waals surface area (Å²) in [6.07, 6.45) is 0.483. The summed E-state index contributed by atoms with van der Waals surface area (Å²) in [4.78, 5) is 2.03. The van der Waals surface area contributed by atoms with Gasteiger partial charge in [-0.3, -0.25) is 9.55 Å². The molecule has 2 heterocycles. The number of hydrogen-bond acceptors (Lipinski definition) is 6. The van der Waals surface area contributed by atoms with Crippen LogP contribution in [0.3, 0.4) is 0 Å². The Kier molecular flexibility index (Phi) is 5.55. The number of nitrogens with one attached hydrogen (secondary N) is 1. The normalized spacial score (nSPS) is 24.2. The Hall–Kier alpha value is -1.25. The van der Waals surface area contributed by atoms with Crippen LogP contribution in [0.15, 0.2) is 24.3 Å². The highest BCUT2D eigenvalue weighted by atomic mass is 35.5. The lowest BCUT2D eigenvalue weighted by Gasteiger charge is -2.39. The van der Waals surface area contributed by atoms with Crippen molar-refractivity contribution >= 4 is 33.8 Å². The highest BCUT2D eigenvalue weighted by molar-refractivity contribution is 7.15. The van der Waals surface area contributed by atoms with Crippen molar-refractivity contribution < 1.29 is 0 Å². The molecule has 1 aromatic carbocycles. The zero-order chi connectivity index (χ0) is 18.9. The van der Waals surface area contributed by atoms with Crippen LogP contribution in [0.2, 0.25) is 0 Å². The van der Waals surface area contributed by atoms with E-state index in [0.29, 0.717) is 24.2 Å². The van der Waals surface area contributed by atoms with Gasteiger partial charge in [-0.2, -0.15) is 0 Å². The molecule has 0 bridgehead atoms. The Morgan fingerprint density at radius 1 is 1.38 bits per heavy atom. The fraction of sp³-hybridized carbons (Fsp3) is 0.556.